The summed E-state index contributed by atoms with van der Waals surface area (Å²) >= 11 is 3.68. The van der Waals surface area contributed by atoms with E-state index >= 15 is 0 Å². The molecule has 108 valence electrons. The van der Waals surface area contributed by atoms with E-state index in [2.05, 4.69) is 69.8 Å². The highest BCUT2D eigenvalue weighted by Gasteiger charge is 2.34. The van der Waals surface area contributed by atoms with Gasteiger partial charge in [-0.05, 0) is 54.4 Å². The van der Waals surface area contributed by atoms with Crippen LogP contribution in [0, 0.1) is 0 Å². The van der Waals surface area contributed by atoms with Gasteiger partial charge in [-0.2, -0.15) is 0 Å². The van der Waals surface area contributed by atoms with Gasteiger partial charge in [0.05, 0.1) is 0 Å². The molecular formula is C19H20BrN. The minimum Gasteiger partial charge on any atom is -0.307 e. The van der Waals surface area contributed by atoms with E-state index in [1.54, 1.807) is 0 Å². The van der Waals surface area contributed by atoms with Crippen LogP contribution in [0.3, 0.4) is 0 Å². The average Bonchev–Trinajstić information content (AvgIpc) is 2.87. The molecule has 0 heterocycles. The van der Waals surface area contributed by atoms with Gasteiger partial charge in [-0.3, -0.25) is 0 Å². The molecule has 1 nitrogen and oxygen atoms in total. The highest BCUT2D eigenvalue weighted by Crippen LogP contribution is 2.42. The molecule has 0 aliphatic heterocycles. The minimum absolute atomic E-state index is 0.575. The molecule has 0 aromatic heterocycles. The first-order valence-electron chi connectivity index (χ1n) is 7.89. The summed E-state index contributed by atoms with van der Waals surface area (Å²) in [5.41, 5.74) is 4.54. The highest BCUT2D eigenvalue weighted by molar-refractivity contribution is 9.10. The number of halogens is 1. The van der Waals surface area contributed by atoms with Crippen molar-refractivity contribution < 1.29 is 0 Å². The maximum Gasteiger partial charge on any atom is 0.0328 e. The van der Waals surface area contributed by atoms with Gasteiger partial charge in [0, 0.05) is 16.6 Å². The standard InChI is InChI=1S/C19H20BrN/c20-18-8-4-3-6-16(18)14-11-15(12-14)21-19-10-9-13-5-1-2-7-17(13)19/h1-8,14-15,19,21H,9-12H2. The predicted octanol–water partition coefficient (Wildman–Crippen LogP) is 4.97. The molecule has 2 aliphatic carbocycles. The lowest BCUT2D eigenvalue weighted by molar-refractivity contribution is 0.264. The number of hydrogen-bond donors (Lipinski definition) is 1. The number of fused-ring (bicyclic) bond motifs is 1. The number of benzene rings is 2. The fourth-order valence-corrected chi connectivity index (χ4v) is 4.44. The summed E-state index contributed by atoms with van der Waals surface area (Å²) in [5.74, 6) is 0.717. The summed E-state index contributed by atoms with van der Waals surface area (Å²) in [6.07, 6.45) is 5.02. The van der Waals surface area contributed by atoms with Crippen LogP contribution in [0.2, 0.25) is 0 Å². The van der Waals surface area contributed by atoms with Gasteiger partial charge >= 0.3 is 0 Å². The van der Waals surface area contributed by atoms with Crippen molar-refractivity contribution in [3.63, 3.8) is 0 Å². The monoisotopic (exact) mass is 341 g/mol. The van der Waals surface area contributed by atoms with E-state index < -0.39 is 0 Å². The molecule has 2 aromatic carbocycles. The second kappa shape index (κ2) is 5.58. The van der Waals surface area contributed by atoms with Gasteiger partial charge in [0.1, 0.15) is 0 Å². The van der Waals surface area contributed by atoms with Gasteiger partial charge in [-0.15, -0.1) is 0 Å². The molecule has 1 fully saturated rings. The Balaban J connectivity index is 1.39. The van der Waals surface area contributed by atoms with Gasteiger partial charge in [-0.1, -0.05) is 58.4 Å². The Labute approximate surface area is 134 Å². The van der Waals surface area contributed by atoms with Crippen molar-refractivity contribution in [1.29, 1.82) is 0 Å². The fourth-order valence-electron chi connectivity index (χ4n) is 3.83. The molecule has 1 atom stereocenters. The summed E-state index contributed by atoms with van der Waals surface area (Å²) < 4.78 is 1.26. The Morgan fingerprint density at radius 1 is 0.905 bits per heavy atom. The van der Waals surface area contributed by atoms with Crippen LogP contribution >= 0.6 is 15.9 Å². The van der Waals surface area contributed by atoms with Crippen LogP contribution < -0.4 is 5.32 Å². The van der Waals surface area contributed by atoms with Crippen molar-refractivity contribution in [3.8, 4) is 0 Å². The molecule has 0 spiro atoms. The third-order valence-corrected chi connectivity index (χ3v) is 5.78. The average molecular weight is 342 g/mol. The topological polar surface area (TPSA) is 12.0 Å². The molecule has 2 aliphatic rings. The molecule has 21 heavy (non-hydrogen) atoms. The van der Waals surface area contributed by atoms with Crippen molar-refractivity contribution in [2.75, 3.05) is 0 Å². The third kappa shape index (κ3) is 2.56. The normalized spacial score (nSPS) is 27.2. The number of rotatable bonds is 3. The number of hydrogen-bond acceptors (Lipinski definition) is 1. The molecule has 1 N–H and O–H groups in total. The molecule has 0 bridgehead atoms. The van der Waals surface area contributed by atoms with Crippen LogP contribution in [0.15, 0.2) is 53.0 Å². The first-order chi connectivity index (χ1) is 10.3. The second-order valence-electron chi connectivity index (χ2n) is 6.34. The van der Waals surface area contributed by atoms with Crippen molar-refractivity contribution in [2.45, 2.75) is 43.7 Å². The SMILES string of the molecule is Brc1ccccc1C1CC(NC2CCc3ccccc32)C1. The molecule has 2 aromatic rings. The quantitative estimate of drug-likeness (QED) is 0.830. The predicted molar refractivity (Wildman–Crippen MR) is 90.5 cm³/mol. The summed E-state index contributed by atoms with van der Waals surface area (Å²) in [5, 5.41) is 3.88. The van der Waals surface area contributed by atoms with E-state index in [9.17, 15) is 0 Å². The Morgan fingerprint density at radius 2 is 1.62 bits per heavy atom. The lowest BCUT2D eigenvalue weighted by Gasteiger charge is -2.38. The second-order valence-corrected chi connectivity index (χ2v) is 7.20. The first kappa shape index (κ1) is 13.5. The Hall–Kier alpha value is -1.12. The Kier molecular flexibility index (Phi) is 3.60. The molecule has 0 radical (unpaired) electrons. The van der Waals surface area contributed by atoms with Gasteiger partial charge in [0.15, 0.2) is 0 Å². The number of nitrogens with one attached hydrogen (secondary N) is 1. The lowest BCUT2D eigenvalue weighted by atomic mass is 9.75. The van der Waals surface area contributed by atoms with Crippen LogP contribution in [-0.2, 0) is 6.42 Å². The molecular weight excluding hydrogens is 322 g/mol. The summed E-state index contributed by atoms with van der Waals surface area (Å²) in [7, 11) is 0. The van der Waals surface area contributed by atoms with E-state index in [1.807, 2.05) is 0 Å². The zero-order chi connectivity index (χ0) is 14.2. The van der Waals surface area contributed by atoms with Crippen molar-refractivity contribution >= 4 is 15.9 Å². The van der Waals surface area contributed by atoms with Crippen LogP contribution in [0.25, 0.3) is 0 Å². The zero-order valence-corrected chi connectivity index (χ0v) is 13.6. The molecule has 4 rings (SSSR count). The Morgan fingerprint density at radius 3 is 2.43 bits per heavy atom. The Bertz CT molecular complexity index is 646. The molecule has 2 heteroatoms. The summed E-state index contributed by atoms with van der Waals surface area (Å²) in [6, 6.07) is 18.8. The molecule has 0 saturated heterocycles. The number of aryl methyl sites for hydroxylation is 1. The van der Waals surface area contributed by atoms with Crippen molar-refractivity contribution in [1.82, 2.24) is 5.32 Å². The van der Waals surface area contributed by atoms with Gasteiger partial charge in [0.2, 0.25) is 0 Å². The van der Waals surface area contributed by atoms with Gasteiger partial charge < -0.3 is 5.32 Å². The first-order valence-corrected chi connectivity index (χ1v) is 8.69. The maximum atomic E-state index is 3.88. The summed E-state index contributed by atoms with van der Waals surface area (Å²) in [6.45, 7) is 0. The molecule has 0 amide bonds. The van der Waals surface area contributed by atoms with E-state index in [0.29, 0.717) is 12.1 Å². The largest absolute Gasteiger partial charge is 0.307 e. The summed E-state index contributed by atoms with van der Waals surface area (Å²) in [4.78, 5) is 0. The van der Waals surface area contributed by atoms with Crippen LogP contribution in [0.5, 0.6) is 0 Å². The van der Waals surface area contributed by atoms with E-state index in [0.717, 1.165) is 5.92 Å². The van der Waals surface area contributed by atoms with E-state index in [-0.39, 0.29) is 0 Å². The smallest absolute Gasteiger partial charge is 0.0328 e. The minimum atomic E-state index is 0.575. The lowest BCUT2D eigenvalue weighted by Crippen LogP contribution is -2.41. The molecule has 1 unspecified atom stereocenters. The highest BCUT2D eigenvalue weighted by atomic mass is 79.9. The van der Waals surface area contributed by atoms with Crippen LogP contribution in [-0.4, -0.2) is 6.04 Å². The van der Waals surface area contributed by atoms with Crippen molar-refractivity contribution in [3.05, 3.63) is 69.7 Å². The fraction of sp³-hybridized carbons (Fsp3) is 0.368. The van der Waals surface area contributed by atoms with E-state index in [4.69, 9.17) is 0 Å². The van der Waals surface area contributed by atoms with Gasteiger partial charge in [-0.25, -0.2) is 0 Å². The molecule has 1 saturated carbocycles. The maximum absolute atomic E-state index is 3.88. The van der Waals surface area contributed by atoms with E-state index in [1.165, 1.54) is 46.8 Å². The third-order valence-electron chi connectivity index (χ3n) is 5.05. The van der Waals surface area contributed by atoms with Crippen LogP contribution in [0.4, 0.5) is 0 Å². The zero-order valence-electron chi connectivity index (χ0n) is 12.1. The van der Waals surface area contributed by atoms with Crippen molar-refractivity contribution in [2.24, 2.45) is 0 Å². The van der Waals surface area contributed by atoms with Crippen LogP contribution in [0.1, 0.15) is 47.9 Å². The van der Waals surface area contributed by atoms with Gasteiger partial charge in [0.25, 0.3) is 0 Å².